The van der Waals surface area contributed by atoms with E-state index < -0.39 is 24.5 Å². The van der Waals surface area contributed by atoms with Crippen LogP contribution >= 0.6 is 23.1 Å². The molecule has 7 nitrogen and oxygen atoms in total. The van der Waals surface area contributed by atoms with Crippen LogP contribution in [-0.2, 0) is 27.1 Å². The lowest BCUT2D eigenvalue weighted by Gasteiger charge is -2.11. The van der Waals surface area contributed by atoms with Crippen LogP contribution in [0.3, 0.4) is 0 Å². The molecule has 0 fully saturated rings. The Labute approximate surface area is 217 Å². The van der Waals surface area contributed by atoms with E-state index in [2.05, 4.69) is 11.4 Å². The van der Waals surface area contributed by atoms with Gasteiger partial charge in [0.25, 0.3) is 5.91 Å². The van der Waals surface area contributed by atoms with E-state index in [-0.39, 0.29) is 0 Å². The SMILES string of the molecule is COC(=O)c1c(NC(=O)COC(=O)c2ccccc2Sc2ccccc2C#N)sc2c1CCCCC2. The van der Waals surface area contributed by atoms with Gasteiger partial charge in [0.15, 0.2) is 6.61 Å². The molecule has 0 radical (unpaired) electrons. The molecular formula is C27H24N2O5S2. The number of hydrogen-bond acceptors (Lipinski definition) is 8. The Morgan fingerprint density at radius 2 is 1.72 bits per heavy atom. The van der Waals surface area contributed by atoms with E-state index in [9.17, 15) is 19.6 Å². The number of nitriles is 1. The Morgan fingerprint density at radius 1 is 1.00 bits per heavy atom. The molecule has 4 rings (SSSR count). The minimum Gasteiger partial charge on any atom is -0.465 e. The van der Waals surface area contributed by atoms with Gasteiger partial charge in [-0.1, -0.05) is 42.4 Å². The van der Waals surface area contributed by atoms with Crippen LogP contribution in [0.15, 0.2) is 58.3 Å². The maximum absolute atomic E-state index is 12.8. The van der Waals surface area contributed by atoms with Gasteiger partial charge in [-0.05, 0) is 55.5 Å². The van der Waals surface area contributed by atoms with Crippen LogP contribution in [0.4, 0.5) is 5.00 Å². The van der Waals surface area contributed by atoms with Crippen LogP contribution < -0.4 is 5.32 Å². The van der Waals surface area contributed by atoms with Crippen LogP contribution in [0.2, 0.25) is 0 Å². The zero-order valence-electron chi connectivity index (χ0n) is 19.7. The van der Waals surface area contributed by atoms with Crippen molar-refractivity contribution in [2.45, 2.75) is 41.9 Å². The minimum absolute atomic E-state index is 0.293. The molecule has 0 saturated carbocycles. The van der Waals surface area contributed by atoms with Gasteiger partial charge in [0.1, 0.15) is 11.1 Å². The summed E-state index contributed by atoms with van der Waals surface area (Å²) in [5.74, 6) is -1.67. The van der Waals surface area contributed by atoms with E-state index in [0.717, 1.165) is 42.5 Å². The summed E-state index contributed by atoms with van der Waals surface area (Å²) >= 11 is 2.66. The van der Waals surface area contributed by atoms with Gasteiger partial charge in [-0.15, -0.1) is 11.3 Å². The number of nitrogens with zero attached hydrogens (tertiary/aromatic N) is 1. The van der Waals surface area contributed by atoms with Crippen molar-refractivity contribution in [2.24, 2.45) is 0 Å². The van der Waals surface area contributed by atoms with E-state index in [4.69, 9.17) is 9.47 Å². The van der Waals surface area contributed by atoms with E-state index in [1.165, 1.54) is 30.2 Å². The predicted octanol–water partition coefficient (Wildman–Crippen LogP) is 5.62. The van der Waals surface area contributed by atoms with Crippen molar-refractivity contribution in [2.75, 3.05) is 19.0 Å². The topological polar surface area (TPSA) is 105 Å². The molecule has 0 spiro atoms. The summed E-state index contributed by atoms with van der Waals surface area (Å²) in [5, 5.41) is 12.5. The number of esters is 2. The van der Waals surface area contributed by atoms with E-state index in [0.29, 0.717) is 31.5 Å². The van der Waals surface area contributed by atoms with Crippen molar-refractivity contribution in [3.05, 3.63) is 75.7 Å². The van der Waals surface area contributed by atoms with Gasteiger partial charge in [-0.2, -0.15) is 5.26 Å². The van der Waals surface area contributed by atoms with Crippen LogP contribution in [0.5, 0.6) is 0 Å². The highest BCUT2D eigenvalue weighted by atomic mass is 32.2. The average molecular weight is 521 g/mol. The first-order chi connectivity index (χ1) is 17.5. The second kappa shape index (κ2) is 11.9. The summed E-state index contributed by atoms with van der Waals surface area (Å²) in [6, 6.07) is 16.1. The summed E-state index contributed by atoms with van der Waals surface area (Å²) in [4.78, 5) is 40.4. The molecule has 1 heterocycles. The number of aryl methyl sites for hydroxylation is 1. The minimum atomic E-state index is -0.655. The number of ether oxygens (including phenoxy) is 2. The Morgan fingerprint density at radius 3 is 2.50 bits per heavy atom. The molecule has 9 heteroatoms. The number of hydrogen-bond donors (Lipinski definition) is 1. The first-order valence-corrected chi connectivity index (χ1v) is 13.1. The Kier molecular flexibility index (Phi) is 8.41. The van der Waals surface area contributed by atoms with Crippen molar-refractivity contribution >= 4 is 45.9 Å². The van der Waals surface area contributed by atoms with Crippen molar-refractivity contribution in [1.82, 2.24) is 0 Å². The lowest BCUT2D eigenvalue weighted by molar-refractivity contribution is -0.119. The second-order valence-electron chi connectivity index (χ2n) is 8.09. The third-order valence-corrected chi connectivity index (χ3v) is 8.09. The predicted molar refractivity (Wildman–Crippen MR) is 138 cm³/mol. The molecule has 36 heavy (non-hydrogen) atoms. The monoisotopic (exact) mass is 520 g/mol. The standard InChI is InChI=1S/C27H24N2O5S2/c1-33-27(32)24-18-10-3-2-4-13-21(18)36-25(24)29-23(30)16-34-26(31)19-11-6-8-14-22(19)35-20-12-7-5-9-17(20)15-28/h5-9,11-12,14H,2-4,10,13,16H2,1H3,(H,29,30). The van der Waals surface area contributed by atoms with Crippen LogP contribution in [-0.4, -0.2) is 31.6 Å². The highest BCUT2D eigenvalue weighted by molar-refractivity contribution is 7.99. The molecule has 3 aromatic rings. The van der Waals surface area contributed by atoms with Crippen molar-refractivity contribution in [1.29, 1.82) is 5.26 Å². The number of anilines is 1. The molecule has 0 saturated heterocycles. The Hall–Kier alpha value is -3.61. The molecule has 1 aromatic heterocycles. The fourth-order valence-electron chi connectivity index (χ4n) is 4.01. The first kappa shape index (κ1) is 25.5. The molecule has 1 aliphatic carbocycles. The lowest BCUT2D eigenvalue weighted by atomic mass is 10.1. The summed E-state index contributed by atoms with van der Waals surface area (Å²) in [7, 11) is 1.32. The van der Waals surface area contributed by atoms with E-state index >= 15 is 0 Å². The molecule has 0 unspecified atom stereocenters. The normalized spacial score (nSPS) is 12.6. The quantitative estimate of drug-likeness (QED) is 0.318. The van der Waals surface area contributed by atoms with E-state index in [1.54, 1.807) is 42.5 Å². The number of benzene rings is 2. The molecule has 184 valence electrons. The van der Waals surface area contributed by atoms with Crippen LogP contribution in [0.1, 0.15) is 56.0 Å². The average Bonchev–Trinajstić information content (AvgIpc) is 3.07. The molecule has 2 aromatic carbocycles. The zero-order valence-corrected chi connectivity index (χ0v) is 21.3. The van der Waals surface area contributed by atoms with Crippen LogP contribution in [0.25, 0.3) is 0 Å². The summed E-state index contributed by atoms with van der Waals surface area (Å²) in [6.45, 7) is -0.504. The number of carbonyl (C=O) groups is 3. The van der Waals surface area contributed by atoms with Gasteiger partial charge in [0.05, 0.1) is 23.8 Å². The molecule has 1 aliphatic rings. The molecule has 0 bridgehead atoms. The number of carbonyl (C=O) groups excluding carboxylic acids is 3. The van der Waals surface area contributed by atoms with Gasteiger partial charge in [-0.3, -0.25) is 4.79 Å². The van der Waals surface area contributed by atoms with Gasteiger partial charge in [0, 0.05) is 14.7 Å². The second-order valence-corrected chi connectivity index (χ2v) is 10.3. The highest BCUT2D eigenvalue weighted by Crippen LogP contribution is 2.38. The van der Waals surface area contributed by atoms with Crippen molar-refractivity contribution in [3.8, 4) is 6.07 Å². The lowest BCUT2D eigenvalue weighted by Crippen LogP contribution is -2.22. The fourth-order valence-corrected chi connectivity index (χ4v) is 6.32. The summed E-state index contributed by atoms with van der Waals surface area (Å²) in [6.07, 6.45) is 4.74. The van der Waals surface area contributed by atoms with Crippen LogP contribution in [0, 0.1) is 11.3 Å². The van der Waals surface area contributed by atoms with Gasteiger partial charge >= 0.3 is 11.9 Å². The molecule has 1 amide bonds. The van der Waals surface area contributed by atoms with Crippen molar-refractivity contribution in [3.63, 3.8) is 0 Å². The third-order valence-electron chi connectivity index (χ3n) is 5.73. The Bertz CT molecular complexity index is 1340. The molecular weight excluding hydrogens is 496 g/mol. The number of amides is 1. The number of rotatable bonds is 7. The van der Waals surface area contributed by atoms with Gasteiger partial charge in [-0.25, -0.2) is 9.59 Å². The number of thiophene rings is 1. The number of nitrogens with one attached hydrogen (secondary N) is 1. The van der Waals surface area contributed by atoms with Crippen molar-refractivity contribution < 1.29 is 23.9 Å². The largest absolute Gasteiger partial charge is 0.465 e. The maximum atomic E-state index is 12.8. The van der Waals surface area contributed by atoms with Gasteiger partial charge < -0.3 is 14.8 Å². The summed E-state index contributed by atoms with van der Waals surface area (Å²) in [5.41, 5.74) is 2.14. The highest BCUT2D eigenvalue weighted by Gasteiger charge is 2.26. The third kappa shape index (κ3) is 5.78. The fraction of sp³-hybridized carbons (Fsp3) is 0.259. The number of fused-ring (bicyclic) bond motifs is 1. The first-order valence-electron chi connectivity index (χ1n) is 11.5. The molecule has 1 N–H and O–H groups in total. The zero-order chi connectivity index (χ0) is 25.5. The smallest absolute Gasteiger partial charge is 0.341 e. The molecule has 0 aliphatic heterocycles. The molecule has 0 atom stereocenters. The number of methoxy groups -OCH3 is 1. The Balaban J connectivity index is 1.45. The maximum Gasteiger partial charge on any atom is 0.341 e. The summed E-state index contributed by atoms with van der Waals surface area (Å²) < 4.78 is 10.3. The van der Waals surface area contributed by atoms with E-state index in [1.807, 2.05) is 6.07 Å². The van der Waals surface area contributed by atoms with Gasteiger partial charge in [0.2, 0.25) is 0 Å².